The van der Waals surface area contributed by atoms with Gasteiger partial charge in [0.1, 0.15) is 0 Å². The molecule has 0 heterocycles. The molecular formula is C6H24CuN2O6S+4. The van der Waals surface area contributed by atoms with Crippen molar-refractivity contribution in [3.8, 4) is 0 Å². The van der Waals surface area contributed by atoms with E-state index in [2.05, 4.69) is 38.0 Å². The summed E-state index contributed by atoms with van der Waals surface area (Å²) in [4.78, 5) is 4.36. The predicted molar refractivity (Wildman–Crippen MR) is 61.0 cm³/mol. The van der Waals surface area contributed by atoms with Crippen molar-refractivity contribution >= 4 is 10.4 Å². The number of hydrogen-bond donors (Lipinski definition) is 2. The molecule has 0 bridgehead atoms. The minimum absolute atomic E-state index is 0. The van der Waals surface area contributed by atoms with Crippen LogP contribution < -0.4 is 0 Å². The van der Waals surface area contributed by atoms with Crippen LogP contribution in [-0.4, -0.2) is 68.6 Å². The van der Waals surface area contributed by atoms with Gasteiger partial charge in [0.15, 0.2) is 0 Å². The predicted octanol–water partition coefficient (Wildman–Crippen LogP) is -2.39. The first-order chi connectivity index (χ1) is 5.63. The average Bonchev–Trinajstić information content (AvgIpc) is 1.79. The number of likely N-dealkylation sites (N-methyl/N-ethyl adjacent to an activating group) is 2. The first-order valence-corrected chi connectivity index (χ1v) is 5.02. The molecule has 0 fully saturated rings. The number of hydrogen-bond acceptors (Lipinski definition) is 4. The summed E-state index contributed by atoms with van der Waals surface area (Å²) >= 11 is 0. The van der Waals surface area contributed by atoms with Gasteiger partial charge in [-0.15, -0.1) is 0 Å². The summed E-state index contributed by atoms with van der Waals surface area (Å²) in [7, 11) is 3.68. The summed E-state index contributed by atoms with van der Waals surface area (Å²) in [5.74, 6) is 0. The quantitative estimate of drug-likeness (QED) is 0.337. The zero-order chi connectivity index (χ0) is 11.1. The van der Waals surface area contributed by atoms with Crippen LogP contribution in [0.1, 0.15) is 0 Å². The monoisotopic (exact) mass is 315 g/mol. The van der Waals surface area contributed by atoms with Gasteiger partial charge < -0.3 is 20.8 Å². The molecule has 0 aromatic rings. The third-order valence-electron chi connectivity index (χ3n) is 0.994. The van der Waals surface area contributed by atoms with Crippen LogP contribution in [0.3, 0.4) is 0 Å². The second-order valence-corrected chi connectivity index (χ2v) is 3.95. The van der Waals surface area contributed by atoms with E-state index in [1.54, 1.807) is 0 Å². The summed E-state index contributed by atoms with van der Waals surface area (Å²) < 4.78 is 31.6. The molecular weight excluding hydrogens is 292 g/mol. The molecule has 0 saturated carbocycles. The van der Waals surface area contributed by atoms with E-state index in [1.807, 2.05) is 0 Å². The molecule has 107 valence electrons. The van der Waals surface area contributed by atoms with E-state index in [1.165, 1.54) is 0 Å². The zero-order valence-corrected chi connectivity index (χ0v) is 11.6. The fourth-order valence-electron chi connectivity index (χ4n) is 0.400. The van der Waals surface area contributed by atoms with Crippen molar-refractivity contribution in [3.05, 3.63) is 0 Å². The Hall–Kier alpha value is 0.229. The molecule has 8 nitrogen and oxygen atoms in total. The van der Waals surface area contributed by atoms with Crippen molar-refractivity contribution in [3.63, 3.8) is 0 Å². The van der Waals surface area contributed by atoms with Gasteiger partial charge in [-0.2, -0.15) is 8.42 Å². The molecule has 0 aromatic heterocycles. The summed E-state index contributed by atoms with van der Waals surface area (Å²) in [6.45, 7) is 2.29. The van der Waals surface area contributed by atoms with Crippen molar-refractivity contribution in [2.24, 2.45) is 0 Å². The van der Waals surface area contributed by atoms with Crippen LogP contribution in [0.4, 0.5) is 0 Å². The summed E-state index contributed by atoms with van der Waals surface area (Å²) in [5.41, 5.74) is 0. The minimum Gasteiger partial charge on any atom is -0.457 e. The maximum atomic E-state index is 8.74. The Morgan fingerprint density at radius 1 is 0.875 bits per heavy atom. The van der Waals surface area contributed by atoms with E-state index in [0.29, 0.717) is 0 Å². The average molecular weight is 316 g/mol. The summed E-state index contributed by atoms with van der Waals surface area (Å²) in [6, 6.07) is 0. The maximum absolute atomic E-state index is 8.74. The van der Waals surface area contributed by atoms with E-state index in [-0.39, 0.29) is 28.0 Å². The van der Waals surface area contributed by atoms with E-state index in [4.69, 9.17) is 17.5 Å². The standard InChI is InChI=1S/C6H16N2.Cu.H2O4S.2H2O/c1-7(2)5-6-8(3)4;;1-5(2,3)4;;/h5-6H2,1-4H3;;(H2,1,2,3,4);2*1H2/q;+2;;;/p+2. The Bertz CT molecular complexity index is 193. The SMILES string of the molecule is CN(C)CCN(C)C.O=S(=O)(O)O.[Cu+2].[OH3+].[OH3+]. The Morgan fingerprint density at radius 2 is 1.00 bits per heavy atom. The number of nitrogens with zero attached hydrogens (tertiary/aromatic N) is 2. The Morgan fingerprint density at radius 3 is 1.06 bits per heavy atom. The van der Waals surface area contributed by atoms with Gasteiger partial charge in [-0.25, -0.2) is 0 Å². The van der Waals surface area contributed by atoms with Gasteiger partial charge in [-0.3, -0.25) is 9.11 Å². The second-order valence-electron chi connectivity index (χ2n) is 3.05. The first-order valence-electron chi connectivity index (χ1n) is 3.62. The molecule has 10 heteroatoms. The van der Waals surface area contributed by atoms with Crippen LogP contribution in [0, 0.1) is 0 Å². The summed E-state index contributed by atoms with van der Waals surface area (Å²) in [6.07, 6.45) is 0. The van der Waals surface area contributed by atoms with E-state index >= 15 is 0 Å². The Kier molecular flexibility index (Phi) is 28.4. The van der Waals surface area contributed by atoms with Gasteiger partial charge >= 0.3 is 27.5 Å². The normalized spacial score (nSPS) is 9.25. The van der Waals surface area contributed by atoms with Crippen LogP contribution in [0.25, 0.3) is 0 Å². The smallest absolute Gasteiger partial charge is 0.457 e. The van der Waals surface area contributed by atoms with Crippen molar-refractivity contribution < 1.29 is 45.5 Å². The largest absolute Gasteiger partial charge is 2.00 e. The Balaban J connectivity index is -0.0000000454. The van der Waals surface area contributed by atoms with Crippen LogP contribution >= 0.6 is 0 Å². The van der Waals surface area contributed by atoms with Gasteiger partial charge in [0.05, 0.1) is 0 Å². The van der Waals surface area contributed by atoms with Crippen molar-refractivity contribution in [1.82, 2.24) is 9.80 Å². The van der Waals surface area contributed by atoms with E-state index in [0.717, 1.165) is 13.1 Å². The molecule has 0 saturated heterocycles. The van der Waals surface area contributed by atoms with Gasteiger partial charge in [-0.05, 0) is 28.2 Å². The van der Waals surface area contributed by atoms with E-state index < -0.39 is 10.4 Å². The Labute approximate surface area is 107 Å². The van der Waals surface area contributed by atoms with Gasteiger partial charge in [0.2, 0.25) is 0 Å². The van der Waals surface area contributed by atoms with Gasteiger partial charge in [0, 0.05) is 13.1 Å². The summed E-state index contributed by atoms with van der Waals surface area (Å²) in [5, 5.41) is 0. The van der Waals surface area contributed by atoms with Crippen LogP contribution in [0.15, 0.2) is 0 Å². The zero-order valence-electron chi connectivity index (χ0n) is 9.88. The molecule has 0 amide bonds. The molecule has 0 aliphatic heterocycles. The third-order valence-corrected chi connectivity index (χ3v) is 0.994. The molecule has 0 aromatic carbocycles. The molecule has 0 unspecified atom stereocenters. The fraction of sp³-hybridized carbons (Fsp3) is 1.00. The first kappa shape index (κ1) is 29.9. The van der Waals surface area contributed by atoms with Crippen molar-refractivity contribution in [2.75, 3.05) is 41.3 Å². The minimum atomic E-state index is -4.67. The third kappa shape index (κ3) is 91.1. The number of rotatable bonds is 3. The van der Waals surface area contributed by atoms with Crippen LogP contribution in [0.2, 0.25) is 0 Å². The van der Waals surface area contributed by atoms with Gasteiger partial charge in [0.25, 0.3) is 0 Å². The molecule has 0 aliphatic carbocycles. The molecule has 0 rings (SSSR count). The molecule has 8 N–H and O–H groups in total. The van der Waals surface area contributed by atoms with Crippen molar-refractivity contribution in [2.45, 2.75) is 0 Å². The van der Waals surface area contributed by atoms with E-state index in [9.17, 15) is 0 Å². The van der Waals surface area contributed by atoms with Gasteiger partial charge in [-0.1, -0.05) is 0 Å². The molecule has 16 heavy (non-hydrogen) atoms. The molecule has 0 aliphatic rings. The second kappa shape index (κ2) is 15.2. The molecule has 0 atom stereocenters. The van der Waals surface area contributed by atoms with Crippen molar-refractivity contribution in [1.29, 1.82) is 0 Å². The maximum Gasteiger partial charge on any atom is 2.00 e. The molecule has 1 radical (unpaired) electrons. The topological polar surface area (TPSA) is 147 Å². The van der Waals surface area contributed by atoms with Crippen LogP contribution in [0.5, 0.6) is 0 Å². The fourth-order valence-corrected chi connectivity index (χ4v) is 0.400. The van der Waals surface area contributed by atoms with Crippen LogP contribution in [-0.2, 0) is 38.4 Å². The molecule has 0 spiro atoms.